The number of fused-ring (bicyclic) bond motifs is 1. The van der Waals surface area contributed by atoms with Crippen molar-refractivity contribution < 1.29 is 17.9 Å². The Morgan fingerprint density at radius 3 is 2.26 bits per heavy atom. The van der Waals surface area contributed by atoms with Crippen LogP contribution in [0.1, 0.15) is 11.3 Å². The molecule has 3 nitrogen and oxygen atoms in total. The van der Waals surface area contributed by atoms with Crippen LogP contribution >= 0.6 is 0 Å². The molecule has 0 N–H and O–H groups in total. The first-order valence-corrected chi connectivity index (χ1v) is 6.89. The standard InChI is InChI=1S/C17H13F3N2O/c1-10-15(11-6-8-12(23-2)9-7-11)22-16-13(17(18,19)20)4-3-5-14(16)21-10/h3-9H,1-2H3. The van der Waals surface area contributed by atoms with E-state index in [1.165, 1.54) is 12.1 Å². The molecule has 0 fully saturated rings. The molecule has 0 aliphatic carbocycles. The van der Waals surface area contributed by atoms with Crippen molar-refractivity contribution in [2.75, 3.05) is 7.11 Å². The number of benzene rings is 2. The normalized spacial score (nSPS) is 11.7. The summed E-state index contributed by atoms with van der Waals surface area (Å²) in [7, 11) is 1.55. The molecule has 0 amide bonds. The monoisotopic (exact) mass is 318 g/mol. The number of para-hydroxylation sites is 1. The zero-order valence-corrected chi connectivity index (χ0v) is 12.5. The molecule has 1 aromatic heterocycles. The molecule has 2 aromatic carbocycles. The predicted octanol–water partition coefficient (Wildman–Crippen LogP) is 4.63. The Kier molecular flexibility index (Phi) is 3.67. The smallest absolute Gasteiger partial charge is 0.418 e. The van der Waals surface area contributed by atoms with Gasteiger partial charge in [-0.3, -0.25) is 0 Å². The van der Waals surface area contributed by atoms with Gasteiger partial charge in [-0.05, 0) is 43.3 Å². The minimum Gasteiger partial charge on any atom is -0.497 e. The fourth-order valence-electron chi connectivity index (χ4n) is 2.42. The molecule has 0 bridgehead atoms. The molecule has 3 rings (SSSR count). The van der Waals surface area contributed by atoms with E-state index in [0.717, 1.165) is 6.07 Å². The highest BCUT2D eigenvalue weighted by Crippen LogP contribution is 2.35. The van der Waals surface area contributed by atoms with Crippen LogP contribution in [0.15, 0.2) is 42.5 Å². The lowest BCUT2D eigenvalue weighted by Gasteiger charge is -2.12. The van der Waals surface area contributed by atoms with E-state index in [2.05, 4.69) is 9.97 Å². The van der Waals surface area contributed by atoms with Gasteiger partial charge in [0.15, 0.2) is 0 Å². The van der Waals surface area contributed by atoms with Gasteiger partial charge < -0.3 is 4.74 Å². The second-order valence-corrected chi connectivity index (χ2v) is 5.06. The van der Waals surface area contributed by atoms with Crippen LogP contribution in [0.4, 0.5) is 13.2 Å². The fraction of sp³-hybridized carbons (Fsp3) is 0.176. The highest BCUT2D eigenvalue weighted by molar-refractivity contribution is 5.82. The summed E-state index contributed by atoms with van der Waals surface area (Å²) in [5, 5.41) is 0. The molecule has 0 saturated heterocycles. The number of rotatable bonds is 2. The number of halogens is 3. The summed E-state index contributed by atoms with van der Waals surface area (Å²) in [6.07, 6.45) is -4.47. The average molecular weight is 318 g/mol. The van der Waals surface area contributed by atoms with Crippen LogP contribution in [0.5, 0.6) is 5.75 Å². The second-order valence-electron chi connectivity index (χ2n) is 5.06. The summed E-state index contributed by atoms with van der Waals surface area (Å²) in [6.45, 7) is 1.73. The van der Waals surface area contributed by atoms with E-state index < -0.39 is 11.7 Å². The summed E-state index contributed by atoms with van der Waals surface area (Å²) in [5.74, 6) is 0.663. The average Bonchev–Trinajstić information content (AvgIpc) is 2.53. The third kappa shape index (κ3) is 2.84. The van der Waals surface area contributed by atoms with E-state index in [1.54, 1.807) is 38.3 Å². The van der Waals surface area contributed by atoms with Crippen LogP contribution in [0, 0.1) is 6.92 Å². The molecule has 23 heavy (non-hydrogen) atoms. The molecule has 0 aliphatic heterocycles. The molecule has 0 saturated carbocycles. The summed E-state index contributed by atoms with van der Waals surface area (Å²) in [5.41, 5.74) is 0.997. The lowest BCUT2D eigenvalue weighted by molar-refractivity contribution is -0.136. The fourth-order valence-corrected chi connectivity index (χ4v) is 2.42. The highest BCUT2D eigenvalue weighted by atomic mass is 19.4. The molecule has 0 unspecified atom stereocenters. The highest BCUT2D eigenvalue weighted by Gasteiger charge is 2.33. The molecule has 0 aliphatic rings. The summed E-state index contributed by atoms with van der Waals surface area (Å²) >= 11 is 0. The maximum Gasteiger partial charge on any atom is 0.418 e. The first kappa shape index (κ1) is 15.3. The Hall–Kier alpha value is -2.63. The van der Waals surface area contributed by atoms with Crippen LogP contribution in [0.2, 0.25) is 0 Å². The molecule has 0 spiro atoms. The number of ether oxygens (including phenoxy) is 1. The zero-order valence-electron chi connectivity index (χ0n) is 12.5. The molecule has 0 radical (unpaired) electrons. The van der Waals surface area contributed by atoms with Crippen LogP contribution in [0.25, 0.3) is 22.3 Å². The lowest BCUT2D eigenvalue weighted by Crippen LogP contribution is -2.08. The largest absolute Gasteiger partial charge is 0.497 e. The van der Waals surface area contributed by atoms with E-state index in [9.17, 15) is 13.2 Å². The van der Waals surface area contributed by atoms with Gasteiger partial charge in [0.05, 0.1) is 29.6 Å². The van der Waals surface area contributed by atoms with Crippen molar-refractivity contribution in [1.29, 1.82) is 0 Å². The van der Waals surface area contributed by atoms with E-state index in [1.807, 2.05) is 0 Å². The third-order valence-corrected chi connectivity index (χ3v) is 3.54. The Balaban J connectivity index is 2.23. The maximum absolute atomic E-state index is 13.2. The third-order valence-electron chi connectivity index (χ3n) is 3.54. The van der Waals surface area contributed by atoms with Crippen molar-refractivity contribution in [1.82, 2.24) is 9.97 Å². The number of methoxy groups -OCH3 is 1. The summed E-state index contributed by atoms with van der Waals surface area (Å²) in [4.78, 5) is 8.52. The van der Waals surface area contributed by atoms with Crippen molar-refractivity contribution in [3.8, 4) is 17.0 Å². The van der Waals surface area contributed by atoms with Crippen molar-refractivity contribution in [3.63, 3.8) is 0 Å². The first-order chi connectivity index (χ1) is 10.9. The molecule has 118 valence electrons. The van der Waals surface area contributed by atoms with Gasteiger partial charge in [0.1, 0.15) is 11.3 Å². The van der Waals surface area contributed by atoms with E-state index in [0.29, 0.717) is 22.7 Å². The van der Waals surface area contributed by atoms with Crippen molar-refractivity contribution >= 4 is 11.0 Å². The van der Waals surface area contributed by atoms with Gasteiger partial charge in [-0.15, -0.1) is 0 Å². The zero-order chi connectivity index (χ0) is 16.6. The number of aromatic nitrogens is 2. The molecule has 3 aromatic rings. The van der Waals surface area contributed by atoms with Gasteiger partial charge in [0.2, 0.25) is 0 Å². The maximum atomic E-state index is 13.2. The molecule has 0 atom stereocenters. The Bertz CT molecular complexity index is 858. The molecular formula is C17H13F3N2O. The number of nitrogens with zero attached hydrogens (tertiary/aromatic N) is 2. The number of hydrogen-bond acceptors (Lipinski definition) is 3. The van der Waals surface area contributed by atoms with Crippen LogP contribution in [0.3, 0.4) is 0 Å². The lowest BCUT2D eigenvalue weighted by atomic mass is 10.1. The molecular weight excluding hydrogens is 305 g/mol. The summed E-state index contributed by atoms with van der Waals surface area (Å²) < 4.78 is 44.6. The van der Waals surface area contributed by atoms with Crippen LogP contribution in [-0.4, -0.2) is 17.1 Å². The van der Waals surface area contributed by atoms with Gasteiger partial charge in [0, 0.05) is 5.56 Å². The van der Waals surface area contributed by atoms with E-state index in [4.69, 9.17) is 4.74 Å². The SMILES string of the molecule is COc1ccc(-c2nc3c(C(F)(F)F)cccc3nc2C)cc1. The minimum absolute atomic E-state index is 0.142. The predicted molar refractivity (Wildman–Crippen MR) is 81.3 cm³/mol. The minimum atomic E-state index is -4.47. The van der Waals surface area contributed by atoms with Gasteiger partial charge in [-0.2, -0.15) is 13.2 Å². The number of alkyl halides is 3. The van der Waals surface area contributed by atoms with Crippen LogP contribution in [-0.2, 0) is 6.18 Å². The van der Waals surface area contributed by atoms with Gasteiger partial charge in [-0.25, -0.2) is 9.97 Å². The Morgan fingerprint density at radius 1 is 0.957 bits per heavy atom. The van der Waals surface area contributed by atoms with E-state index in [-0.39, 0.29) is 11.0 Å². The molecule has 1 heterocycles. The molecule has 6 heteroatoms. The summed E-state index contributed by atoms with van der Waals surface area (Å²) in [6, 6.07) is 10.8. The topological polar surface area (TPSA) is 35.0 Å². The Morgan fingerprint density at radius 2 is 1.65 bits per heavy atom. The van der Waals surface area contributed by atoms with Gasteiger partial charge in [0.25, 0.3) is 0 Å². The Labute approximate surface area is 130 Å². The van der Waals surface area contributed by atoms with Crippen LogP contribution < -0.4 is 4.74 Å². The van der Waals surface area contributed by atoms with Crippen molar-refractivity contribution in [2.45, 2.75) is 13.1 Å². The quantitative estimate of drug-likeness (QED) is 0.691. The second kappa shape index (κ2) is 5.53. The van der Waals surface area contributed by atoms with Gasteiger partial charge >= 0.3 is 6.18 Å². The van der Waals surface area contributed by atoms with Crippen molar-refractivity contribution in [2.24, 2.45) is 0 Å². The van der Waals surface area contributed by atoms with E-state index >= 15 is 0 Å². The number of aryl methyl sites for hydroxylation is 1. The number of hydrogen-bond donors (Lipinski definition) is 0. The van der Waals surface area contributed by atoms with Gasteiger partial charge in [-0.1, -0.05) is 6.07 Å². The first-order valence-electron chi connectivity index (χ1n) is 6.89. The van der Waals surface area contributed by atoms with Crippen molar-refractivity contribution in [3.05, 3.63) is 53.7 Å².